The average Bonchev–Trinajstić information content (AvgIpc) is 2.34. The minimum Gasteiger partial charge on any atom is -0.439 e. The second kappa shape index (κ2) is 4.93. The van der Waals surface area contributed by atoms with Crippen molar-refractivity contribution >= 4 is 0 Å². The van der Waals surface area contributed by atoms with Crippen molar-refractivity contribution in [1.29, 1.82) is 0 Å². The first-order chi connectivity index (χ1) is 8.20. The zero-order chi connectivity index (χ0) is 12.3. The first-order valence-corrected chi connectivity index (χ1v) is 5.19. The fraction of sp³-hybridized carbons (Fsp3) is 0.154. The summed E-state index contributed by atoms with van der Waals surface area (Å²) in [5.41, 5.74) is 1.10. The van der Waals surface area contributed by atoms with Gasteiger partial charge in [-0.2, -0.15) is 0 Å². The van der Waals surface area contributed by atoms with E-state index in [1.165, 1.54) is 12.1 Å². The van der Waals surface area contributed by atoms with Crippen molar-refractivity contribution in [2.75, 3.05) is 0 Å². The van der Waals surface area contributed by atoms with Gasteiger partial charge in [0.05, 0.1) is 6.61 Å². The molecule has 2 rings (SSSR count). The summed E-state index contributed by atoms with van der Waals surface area (Å²) in [6.45, 7) is 1.51. The van der Waals surface area contributed by atoms with Gasteiger partial charge in [0.1, 0.15) is 11.6 Å². The van der Waals surface area contributed by atoms with Gasteiger partial charge in [-0.1, -0.05) is 0 Å². The number of hydrogen-bond acceptors (Lipinski definition) is 3. The van der Waals surface area contributed by atoms with Crippen LogP contribution in [0.15, 0.2) is 36.5 Å². The summed E-state index contributed by atoms with van der Waals surface area (Å²) >= 11 is 0. The maximum Gasteiger partial charge on any atom is 0.224 e. The normalized spacial score (nSPS) is 10.3. The molecular weight excluding hydrogens is 221 g/mol. The van der Waals surface area contributed by atoms with Gasteiger partial charge in [0.25, 0.3) is 0 Å². The molecule has 0 saturated carbocycles. The van der Waals surface area contributed by atoms with Crippen LogP contribution in [0.5, 0.6) is 11.6 Å². The van der Waals surface area contributed by atoms with Gasteiger partial charge in [0.2, 0.25) is 5.88 Å². The molecule has 1 aromatic carbocycles. The molecule has 1 heterocycles. The Bertz CT molecular complexity index is 529. The smallest absolute Gasteiger partial charge is 0.224 e. The van der Waals surface area contributed by atoms with E-state index in [0.717, 1.165) is 0 Å². The predicted octanol–water partition coefficient (Wildman–Crippen LogP) is 2.81. The fourth-order valence-corrected chi connectivity index (χ4v) is 1.43. The Morgan fingerprint density at radius 2 is 2.18 bits per heavy atom. The van der Waals surface area contributed by atoms with Crippen LogP contribution in [-0.4, -0.2) is 10.1 Å². The van der Waals surface area contributed by atoms with Crippen molar-refractivity contribution in [1.82, 2.24) is 4.98 Å². The van der Waals surface area contributed by atoms with Crippen molar-refractivity contribution < 1.29 is 14.2 Å². The van der Waals surface area contributed by atoms with Gasteiger partial charge in [-0.3, -0.25) is 0 Å². The van der Waals surface area contributed by atoms with Crippen molar-refractivity contribution in [3.8, 4) is 11.6 Å². The third-order valence-electron chi connectivity index (χ3n) is 2.36. The summed E-state index contributed by atoms with van der Waals surface area (Å²) in [6.07, 6.45) is 1.57. The molecule has 17 heavy (non-hydrogen) atoms. The number of aliphatic hydroxyl groups is 1. The topological polar surface area (TPSA) is 42.4 Å². The molecule has 4 heteroatoms. The predicted molar refractivity (Wildman–Crippen MR) is 61.4 cm³/mol. The van der Waals surface area contributed by atoms with Crippen LogP contribution in [0.25, 0.3) is 0 Å². The van der Waals surface area contributed by atoms with Crippen LogP contribution in [0.1, 0.15) is 11.1 Å². The largest absolute Gasteiger partial charge is 0.439 e. The number of ether oxygens (including phenoxy) is 1. The zero-order valence-electron chi connectivity index (χ0n) is 9.35. The highest BCUT2D eigenvalue weighted by atomic mass is 19.1. The molecule has 2 aromatic rings. The van der Waals surface area contributed by atoms with E-state index in [1.807, 2.05) is 0 Å². The Labute approximate surface area is 98.5 Å². The number of aromatic nitrogens is 1. The van der Waals surface area contributed by atoms with E-state index < -0.39 is 0 Å². The fourth-order valence-electron chi connectivity index (χ4n) is 1.43. The van der Waals surface area contributed by atoms with E-state index in [-0.39, 0.29) is 12.4 Å². The lowest BCUT2D eigenvalue weighted by atomic mass is 10.2. The minimum absolute atomic E-state index is 0.149. The molecule has 0 atom stereocenters. The van der Waals surface area contributed by atoms with E-state index in [2.05, 4.69) is 4.98 Å². The third-order valence-corrected chi connectivity index (χ3v) is 2.36. The van der Waals surface area contributed by atoms with E-state index in [1.54, 1.807) is 31.3 Å². The molecule has 0 radical (unpaired) electrons. The second-order valence-corrected chi connectivity index (χ2v) is 3.64. The summed E-state index contributed by atoms with van der Waals surface area (Å²) in [7, 11) is 0. The van der Waals surface area contributed by atoms with Crippen LogP contribution in [0, 0.1) is 12.7 Å². The van der Waals surface area contributed by atoms with Crippen LogP contribution in [0.4, 0.5) is 4.39 Å². The summed E-state index contributed by atoms with van der Waals surface area (Å²) in [5, 5.41) is 9.12. The summed E-state index contributed by atoms with van der Waals surface area (Å²) in [5.74, 6) is 0.555. The number of benzene rings is 1. The molecule has 0 spiro atoms. The van der Waals surface area contributed by atoms with Gasteiger partial charge in [0, 0.05) is 11.8 Å². The third kappa shape index (κ3) is 2.60. The van der Waals surface area contributed by atoms with Gasteiger partial charge in [-0.25, -0.2) is 9.37 Å². The van der Waals surface area contributed by atoms with E-state index in [0.29, 0.717) is 22.8 Å². The number of halogens is 1. The number of rotatable bonds is 3. The minimum atomic E-state index is -0.277. The SMILES string of the molecule is Cc1cc(Oc2ncccc2CO)ccc1F. The Morgan fingerprint density at radius 3 is 2.88 bits per heavy atom. The molecule has 0 aliphatic heterocycles. The number of aryl methyl sites for hydroxylation is 1. The highest BCUT2D eigenvalue weighted by molar-refractivity contribution is 5.34. The van der Waals surface area contributed by atoms with E-state index >= 15 is 0 Å². The Balaban J connectivity index is 2.28. The first-order valence-electron chi connectivity index (χ1n) is 5.19. The number of nitrogens with zero attached hydrogens (tertiary/aromatic N) is 1. The Kier molecular flexibility index (Phi) is 3.35. The number of aliphatic hydroxyl groups excluding tert-OH is 1. The van der Waals surface area contributed by atoms with E-state index in [4.69, 9.17) is 9.84 Å². The lowest BCUT2D eigenvalue weighted by Gasteiger charge is -2.08. The molecule has 0 bridgehead atoms. The quantitative estimate of drug-likeness (QED) is 0.886. The number of pyridine rings is 1. The van der Waals surface area contributed by atoms with Gasteiger partial charge in [-0.05, 0) is 42.8 Å². The molecule has 0 aliphatic carbocycles. The average molecular weight is 233 g/mol. The lowest BCUT2D eigenvalue weighted by Crippen LogP contribution is -1.95. The Hall–Kier alpha value is -1.94. The van der Waals surface area contributed by atoms with Crippen molar-refractivity contribution in [3.63, 3.8) is 0 Å². The highest BCUT2D eigenvalue weighted by Crippen LogP contribution is 2.24. The molecule has 0 amide bonds. The second-order valence-electron chi connectivity index (χ2n) is 3.64. The summed E-state index contributed by atoms with van der Waals surface area (Å²) < 4.78 is 18.6. The highest BCUT2D eigenvalue weighted by Gasteiger charge is 2.06. The number of hydrogen-bond donors (Lipinski definition) is 1. The maximum absolute atomic E-state index is 13.1. The van der Waals surface area contributed by atoms with E-state index in [9.17, 15) is 4.39 Å². The standard InChI is InChI=1S/C13H12FNO2/c1-9-7-11(4-5-12(9)14)17-13-10(8-16)3-2-6-15-13/h2-7,16H,8H2,1H3. The van der Waals surface area contributed by atoms with Crippen molar-refractivity contribution in [2.24, 2.45) is 0 Å². The molecular formula is C13H12FNO2. The molecule has 1 aromatic heterocycles. The van der Waals surface area contributed by atoms with Gasteiger partial charge in [-0.15, -0.1) is 0 Å². The van der Waals surface area contributed by atoms with Gasteiger partial charge < -0.3 is 9.84 Å². The van der Waals surface area contributed by atoms with Crippen LogP contribution in [-0.2, 0) is 6.61 Å². The van der Waals surface area contributed by atoms with Crippen molar-refractivity contribution in [3.05, 3.63) is 53.5 Å². The van der Waals surface area contributed by atoms with Crippen LogP contribution >= 0.6 is 0 Å². The molecule has 0 aliphatic rings. The molecule has 3 nitrogen and oxygen atoms in total. The maximum atomic E-state index is 13.1. The molecule has 0 saturated heterocycles. The van der Waals surface area contributed by atoms with Gasteiger partial charge in [0.15, 0.2) is 0 Å². The monoisotopic (exact) mass is 233 g/mol. The van der Waals surface area contributed by atoms with Crippen LogP contribution < -0.4 is 4.74 Å². The van der Waals surface area contributed by atoms with Crippen LogP contribution in [0.3, 0.4) is 0 Å². The summed E-state index contributed by atoms with van der Waals surface area (Å²) in [6, 6.07) is 7.89. The lowest BCUT2D eigenvalue weighted by molar-refractivity contribution is 0.275. The molecule has 1 N–H and O–H groups in total. The van der Waals surface area contributed by atoms with Crippen LogP contribution in [0.2, 0.25) is 0 Å². The first kappa shape index (κ1) is 11.5. The molecule has 88 valence electrons. The zero-order valence-corrected chi connectivity index (χ0v) is 9.35. The molecule has 0 fully saturated rings. The molecule has 0 unspecified atom stereocenters. The van der Waals surface area contributed by atoms with Crippen molar-refractivity contribution in [2.45, 2.75) is 13.5 Å². The summed E-state index contributed by atoms with van der Waals surface area (Å²) in [4.78, 5) is 4.02. The van der Waals surface area contributed by atoms with Gasteiger partial charge >= 0.3 is 0 Å². The Morgan fingerprint density at radius 1 is 1.35 bits per heavy atom.